The van der Waals surface area contributed by atoms with Crippen molar-refractivity contribution in [1.29, 1.82) is 0 Å². The SMILES string of the molecule is CCOC(=O)CNC(=O)NNC(=O)c1nc2ccccc2n(C2CC3CCCC(C2)N3C2CC3CCCC(C3)C2)c1=O. The zero-order valence-corrected chi connectivity index (χ0v) is 24.3. The van der Waals surface area contributed by atoms with E-state index in [-0.39, 0.29) is 24.9 Å². The molecule has 3 heterocycles. The molecule has 4 atom stereocenters. The number of hydrogen-bond acceptors (Lipinski definition) is 7. The van der Waals surface area contributed by atoms with Gasteiger partial charge in [0.05, 0.1) is 17.6 Å². The lowest BCUT2D eigenvalue weighted by atomic mass is 9.68. The van der Waals surface area contributed by atoms with Crippen LogP contribution in [0.3, 0.4) is 0 Å². The number of amides is 3. The number of hydrogen-bond donors (Lipinski definition) is 3. The predicted molar refractivity (Wildman–Crippen MR) is 157 cm³/mol. The van der Waals surface area contributed by atoms with Gasteiger partial charge in [-0.1, -0.05) is 37.8 Å². The minimum absolute atomic E-state index is 0.0348. The van der Waals surface area contributed by atoms with Crippen LogP contribution in [-0.2, 0) is 9.53 Å². The summed E-state index contributed by atoms with van der Waals surface area (Å²) in [6, 6.07) is 8.13. The maximum Gasteiger partial charge on any atom is 0.333 e. The first-order chi connectivity index (χ1) is 20.4. The number of esters is 1. The Bertz CT molecular complexity index is 1370. The molecular formula is C31H42N6O5. The summed E-state index contributed by atoms with van der Waals surface area (Å²) in [6.07, 6.45) is 13.5. The number of carbonyl (C=O) groups excluding carboxylic acids is 3. The molecule has 2 aromatic rings. The minimum Gasteiger partial charge on any atom is -0.465 e. The molecule has 2 aliphatic heterocycles. The van der Waals surface area contributed by atoms with E-state index in [1.54, 1.807) is 17.6 Å². The predicted octanol–water partition coefficient (Wildman–Crippen LogP) is 3.43. The van der Waals surface area contributed by atoms with E-state index in [1.165, 1.54) is 44.9 Å². The van der Waals surface area contributed by atoms with Gasteiger partial charge >= 0.3 is 12.0 Å². The molecule has 3 N–H and O–H groups in total. The van der Waals surface area contributed by atoms with E-state index >= 15 is 0 Å². The van der Waals surface area contributed by atoms with Gasteiger partial charge in [-0.15, -0.1) is 0 Å². The summed E-state index contributed by atoms with van der Waals surface area (Å²) in [5.74, 6) is 0.335. The molecule has 4 unspecified atom stereocenters. The van der Waals surface area contributed by atoms with Crippen LogP contribution in [0.4, 0.5) is 4.79 Å². The van der Waals surface area contributed by atoms with Gasteiger partial charge in [0.15, 0.2) is 5.69 Å². The molecule has 11 nitrogen and oxygen atoms in total. The Morgan fingerprint density at radius 3 is 2.29 bits per heavy atom. The lowest BCUT2D eigenvalue weighted by molar-refractivity contribution is -0.141. The third kappa shape index (κ3) is 5.88. The highest BCUT2D eigenvalue weighted by molar-refractivity contribution is 5.95. The van der Waals surface area contributed by atoms with Gasteiger partial charge in [-0.2, -0.15) is 0 Å². The Labute approximate surface area is 245 Å². The molecule has 2 saturated heterocycles. The summed E-state index contributed by atoms with van der Waals surface area (Å²) in [7, 11) is 0. The van der Waals surface area contributed by atoms with Crippen molar-refractivity contribution >= 4 is 28.9 Å². The molecule has 11 heteroatoms. The summed E-state index contributed by atoms with van der Waals surface area (Å²) < 4.78 is 6.56. The van der Waals surface area contributed by atoms with E-state index < -0.39 is 23.5 Å². The molecule has 4 bridgehead atoms. The van der Waals surface area contributed by atoms with Crippen LogP contribution >= 0.6 is 0 Å². The van der Waals surface area contributed by atoms with Crippen LogP contribution in [0.1, 0.15) is 94.1 Å². The summed E-state index contributed by atoms with van der Waals surface area (Å²) in [4.78, 5) is 57.9. The van der Waals surface area contributed by atoms with Crippen LogP contribution in [0.25, 0.3) is 11.0 Å². The van der Waals surface area contributed by atoms with Crippen molar-refractivity contribution in [2.75, 3.05) is 13.2 Å². The zero-order chi connectivity index (χ0) is 29.2. The lowest BCUT2D eigenvalue weighted by Gasteiger charge is -2.55. The Morgan fingerprint density at radius 2 is 1.57 bits per heavy atom. The number of urea groups is 1. The fourth-order valence-corrected chi connectivity index (χ4v) is 8.38. The van der Waals surface area contributed by atoms with E-state index in [0.29, 0.717) is 23.6 Å². The fraction of sp³-hybridized carbons (Fsp3) is 0.645. The second-order valence-corrected chi connectivity index (χ2v) is 12.5. The van der Waals surface area contributed by atoms with Gasteiger partial charge in [0.1, 0.15) is 6.54 Å². The third-order valence-electron chi connectivity index (χ3n) is 9.89. The van der Waals surface area contributed by atoms with E-state index in [2.05, 4.69) is 26.1 Å². The average Bonchev–Trinajstić information content (AvgIpc) is 2.98. The molecule has 42 heavy (non-hydrogen) atoms. The van der Waals surface area contributed by atoms with Crippen LogP contribution in [-0.4, -0.2) is 63.6 Å². The van der Waals surface area contributed by atoms with Crippen molar-refractivity contribution < 1.29 is 19.1 Å². The van der Waals surface area contributed by atoms with E-state index in [9.17, 15) is 19.2 Å². The molecule has 0 radical (unpaired) electrons. The number of aromatic nitrogens is 2. The smallest absolute Gasteiger partial charge is 0.333 e. The molecule has 1 aromatic carbocycles. The lowest BCUT2D eigenvalue weighted by Crippen LogP contribution is -2.58. The minimum atomic E-state index is -0.808. The van der Waals surface area contributed by atoms with Gasteiger partial charge in [-0.3, -0.25) is 24.7 Å². The first-order valence-corrected chi connectivity index (χ1v) is 15.7. The van der Waals surface area contributed by atoms with E-state index in [4.69, 9.17) is 4.74 Å². The number of fused-ring (bicyclic) bond motifs is 5. The fourth-order valence-electron chi connectivity index (χ4n) is 8.38. The molecule has 3 amide bonds. The molecule has 4 aliphatic rings. The third-order valence-corrected chi connectivity index (χ3v) is 9.89. The monoisotopic (exact) mass is 578 g/mol. The van der Waals surface area contributed by atoms with Gasteiger partial charge < -0.3 is 14.6 Å². The highest BCUT2D eigenvalue weighted by Gasteiger charge is 2.45. The number of benzene rings is 1. The summed E-state index contributed by atoms with van der Waals surface area (Å²) in [6.45, 7) is 1.51. The quantitative estimate of drug-likeness (QED) is 0.353. The molecular weight excluding hydrogens is 536 g/mol. The van der Waals surface area contributed by atoms with Gasteiger partial charge in [0.25, 0.3) is 11.5 Å². The Hall–Kier alpha value is -3.47. The number of hydrazine groups is 1. The van der Waals surface area contributed by atoms with Crippen molar-refractivity contribution in [3.05, 3.63) is 40.3 Å². The number of nitrogens with one attached hydrogen (secondary N) is 3. The Kier molecular flexibility index (Phi) is 8.46. The molecule has 0 spiro atoms. The summed E-state index contributed by atoms with van der Waals surface area (Å²) >= 11 is 0. The first kappa shape index (κ1) is 28.6. The van der Waals surface area contributed by atoms with Crippen molar-refractivity contribution in [2.45, 2.75) is 102 Å². The van der Waals surface area contributed by atoms with E-state index in [0.717, 1.165) is 43.0 Å². The van der Waals surface area contributed by atoms with Crippen LogP contribution in [0.15, 0.2) is 29.1 Å². The first-order valence-electron chi connectivity index (χ1n) is 15.7. The van der Waals surface area contributed by atoms with Crippen LogP contribution in [0.5, 0.6) is 0 Å². The van der Waals surface area contributed by atoms with Gasteiger partial charge in [-0.05, 0) is 75.8 Å². The molecule has 2 saturated carbocycles. The normalized spacial score (nSPS) is 29.0. The number of rotatable bonds is 6. The number of carbonyl (C=O) groups is 3. The highest BCUT2D eigenvalue weighted by atomic mass is 16.5. The number of para-hydroxylation sites is 2. The number of piperidine rings is 2. The van der Waals surface area contributed by atoms with Crippen molar-refractivity contribution in [1.82, 2.24) is 30.6 Å². The van der Waals surface area contributed by atoms with Gasteiger partial charge in [-0.25, -0.2) is 15.2 Å². The molecule has 2 aliphatic carbocycles. The molecule has 1 aromatic heterocycles. The van der Waals surface area contributed by atoms with Crippen molar-refractivity contribution in [3.63, 3.8) is 0 Å². The summed E-state index contributed by atoms with van der Waals surface area (Å²) in [5, 5.41) is 2.30. The van der Waals surface area contributed by atoms with Crippen molar-refractivity contribution in [2.24, 2.45) is 11.8 Å². The largest absolute Gasteiger partial charge is 0.465 e. The number of nitrogens with zero attached hydrogens (tertiary/aromatic N) is 3. The van der Waals surface area contributed by atoms with Crippen molar-refractivity contribution in [3.8, 4) is 0 Å². The van der Waals surface area contributed by atoms with Gasteiger partial charge in [0.2, 0.25) is 0 Å². The number of ether oxygens (including phenoxy) is 1. The second kappa shape index (κ2) is 12.4. The second-order valence-electron chi connectivity index (χ2n) is 12.5. The molecule has 226 valence electrons. The zero-order valence-electron chi connectivity index (χ0n) is 24.3. The topological polar surface area (TPSA) is 135 Å². The Balaban J connectivity index is 1.21. The highest BCUT2D eigenvalue weighted by Crippen LogP contribution is 2.47. The maximum absolute atomic E-state index is 13.9. The van der Waals surface area contributed by atoms with Crippen LogP contribution in [0.2, 0.25) is 0 Å². The Morgan fingerprint density at radius 1 is 0.881 bits per heavy atom. The summed E-state index contributed by atoms with van der Waals surface area (Å²) in [5.41, 5.74) is 5.01. The standard InChI is InChI=1S/C31H42N6O5/c1-2-42-27(38)18-32-31(41)35-34-29(39)28-30(40)37(26-12-4-3-11-25(26)33-28)24-16-21-9-6-10-22(17-24)36(21)23-14-19-7-5-8-20(13-19)15-23/h3-4,11-12,19-24H,2,5-10,13-18H2,1H3,(H,34,39)(H2,32,35,41). The van der Waals surface area contributed by atoms with Crippen LogP contribution < -0.4 is 21.7 Å². The van der Waals surface area contributed by atoms with Gasteiger partial charge in [0, 0.05) is 24.2 Å². The van der Waals surface area contributed by atoms with E-state index in [1.807, 2.05) is 18.2 Å². The average molecular weight is 579 g/mol. The van der Waals surface area contributed by atoms with Crippen LogP contribution in [0, 0.1) is 11.8 Å². The maximum atomic E-state index is 13.9. The molecule has 4 fully saturated rings. The molecule has 6 rings (SSSR count).